The molecule has 0 aliphatic heterocycles. The van der Waals surface area contributed by atoms with Gasteiger partial charge in [-0.25, -0.2) is 0 Å². The molecule has 0 aromatic carbocycles. The lowest BCUT2D eigenvalue weighted by Crippen LogP contribution is -2.35. The third kappa shape index (κ3) is 11.3. The van der Waals surface area contributed by atoms with E-state index in [0.717, 1.165) is 6.42 Å². The quantitative estimate of drug-likeness (QED) is 0.698. The third-order valence-electron chi connectivity index (χ3n) is 2.86. The Morgan fingerprint density at radius 1 is 1.19 bits per heavy atom. The molecule has 0 spiro atoms. The van der Waals surface area contributed by atoms with Crippen LogP contribution >= 0.6 is 0 Å². The molecule has 1 N–H and O–H groups in total. The fourth-order valence-electron chi connectivity index (χ4n) is 1.92. The first-order valence-electron chi connectivity index (χ1n) is 9.22. The Hall–Kier alpha value is -1.06. The summed E-state index contributed by atoms with van der Waals surface area (Å²) in [6, 6.07) is 0. The van der Waals surface area contributed by atoms with Crippen LogP contribution in [0.1, 0.15) is 71.8 Å². The third-order valence-corrected chi connectivity index (χ3v) is 2.86. The van der Waals surface area contributed by atoms with E-state index >= 15 is 0 Å². The molecule has 0 aromatic heterocycles. The van der Waals surface area contributed by atoms with Gasteiger partial charge in [0.15, 0.2) is 0 Å². The highest BCUT2D eigenvalue weighted by atomic mass is 16.6. The normalized spacial score (nSPS) is 17.4. The van der Waals surface area contributed by atoms with Crippen LogP contribution in [0.5, 0.6) is 0 Å². The van der Waals surface area contributed by atoms with Crippen LogP contribution < -0.4 is 5.32 Å². The first-order chi connectivity index (χ1) is 10.7. The highest BCUT2D eigenvalue weighted by Gasteiger charge is 2.26. The summed E-state index contributed by atoms with van der Waals surface area (Å²) in [7, 11) is 0. The van der Waals surface area contributed by atoms with Crippen LogP contribution in [0.4, 0.5) is 0 Å². The highest BCUT2D eigenvalue weighted by molar-refractivity contribution is 5.83. The van der Waals surface area contributed by atoms with Crippen molar-refractivity contribution in [2.24, 2.45) is 17.8 Å². The molecule has 1 amide bonds. The molecule has 124 valence electrons. The first-order valence-corrected chi connectivity index (χ1v) is 7.72. The molecule has 4 heteroatoms. The van der Waals surface area contributed by atoms with Gasteiger partial charge in [0.2, 0.25) is 5.91 Å². The van der Waals surface area contributed by atoms with Crippen molar-refractivity contribution in [3.8, 4) is 0 Å². The van der Waals surface area contributed by atoms with Gasteiger partial charge in [0.05, 0.1) is 6.42 Å². The maximum Gasteiger partial charge on any atom is 0.307 e. The molecule has 21 heavy (non-hydrogen) atoms. The summed E-state index contributed by atoms with van der Waals surface area (Å²) in [4.78, 5) is 24.4. The van der Waals surface area contributed by atoms with Crippen LogP contribution in [-0.2, 0) is 14.3 Å². The van der Waals surface area contributed by atoms with Crippen molar-refractivity contribution in [2.75, 3.05) is 6.54 Å². The Bertz CT molecular complexity index is 414. The van der Waals surface area contributed by atoms with E-state index in [0.29, 0.717) is 12.5 Å². The number of carbonyl (C=O) groups excluding carboxylic acids is 2. The van der Waals surface area contributed by atoms with E-state index in [-0.39, 0.29) is 18.7 Å². The van der Waals surface area contributed by atoms with Crippen LogP contribution in [0.2, 0.25) is 0 Å². The molecule has 0 fully saturated rings. The molecule has 2 atom stereocenters. The van der Waals surface area contributed by atoms with E-state index in [9.17, 15) is 9.59 Å². The van der Waals surface area contributed by atoms with Gasteiger partial charge < -0.3 is 10.1 Å². The smallest absolute Gasteiger partial charge is 0.307 e. The molecule has 0 aliphatic carbocycles. The summed E-state index contributed by atoms with van der Waals surface area (Å²) >= 11 is 0. The second-order valence-electron chi connectivity index (χ2n) is 7.10. The maximum absolute atomic E-state index is 12.4. The second-order valence-corrected chi connectivity index (χ2v) is 7.10. The fraction of sp³-hybridized carbons (Fsp3) is 0.882. The molecule has 0 rings (SSSR count). The molecule has 0 radical (unpaired) electrons. The van der Waals surface area contributed by atoms with E-state index in [4.69, 9.17) is 8.85 Å². The van der Waals surface area contributed by atoms with Crippen molar-refractivity contribution < 1.29 is 18.4 Å². The van der Waals surface area contributed by atoms with Crippen molar-refractivity contribution in [3.63, 3.8) is 0 Å². The van der Waals surface area contributed by atoms with Gasteiger partial charge in [-0.1, -0.05) is 27.6 Å². The average Bonchev–Trinajstić information content (AvgIpc) is 2.33. The van der Waals surface area contributed by atoms with E-state index in [1.807, 2.05) is 0 Å². The molecule has 0 aliphatic rings. The van der Waals surface area contributed by atoms with Crippen molar-refractivity contribution in [3.05, 3.63) is 0 Å². The Morgan fingerprint density at radius 2 is 1.81 bits per heavy atom. The minimum Gasteiger partial charge on any atom is -0.460 e. The summed E-state index contributed by atoms with van der Waals surface area (Å²) < 4.78 is 27.7. The van der Waals surface area contributed by atoms with Gasteiger partial charge in [0, 0.05) is 16.6 Å². The predicted molar refractivity (Wildman–Crippen MR) is 85.9 cm³/mol. The Balaban J connectivity index is 4.88. The van der Waals surface area contributed by atoms with Crippen molar-refractivity contribution in [1.29, 1.82) is 0 Å². The maximum atomic E-state index is 12.4. The topological polar surface area (TPSA) is 55.4 Å². The zero-order chi connectivity index (χ0) is 19.1. The molecular formula is C17H33NO3. The van der Waals surface area contributed by atoms with Crippen LogP contribution in [0.15, 0.2) is 0 Å². The van der Waals surface area contributed by atoms with Gasteiger partial charge in [-0.2, -0.15) is 0 Å². The van der Waals surface area contributed by atoms with Crippen LogP contribution in [0, 0.1) is 17.8 Å². The van der Waals surface area contributed by atoms with Crippen molar-refractivity contribution in [1.82, 2.24) is 5.32 Å². The number of carbonyl (C=O) groups is 2. The summed E-state index contributed by atoms with van der Waals surface area (Å²) in [5, 5.41) is 2.81. The van der Waals surface area contributed by atoms with Crippen LogP contribution in [0.3, 0.4) is 0 Å². The largest absolute Gasteiger partial charge is 0.460 e. The van der Waals surface area contributed by atoms with Gasteiger partial charge in [-0.15, -0.1) is 0 Å². The van der Waals surface area contributed by atoms with E-state index in [1.54, 1.807) is 27.7 Å². The summed E-state index contributed by atoms with van der Waals surface area (Å²) in [6.07, 6.45) is 0.855. The van der Waals surface area contributed by atoms with Gasteiger partial charge in [-0.05, 0) is 45.4 Å². The lowest BCUT2D eigenvalue weighted by Gasteiger charge is -2.23. The van der Waals surface area contributed by atoms with Crippen molar-refractivity contribution >= 4 is 11.9 Å². The molecule has 0 saturated carbocycles. The molecule has 0 bridgehead atoms. The van der Waals surface area contributed by atoms with Gasteiger partial charge in [0.25, 0.3) is 0 Å². The van der Waals surface area contributed by atoms with Crippen LogP contribution in [-0.4, -0.2) is 24.0 Å². The minimum absolute atomic E-state index is 0.106. The van der Waals surface area contributed by atoms with Gasteiger partial charge in [0.1, 0.15) is 5.60 Å². The Kier molecular flexibility index (Phi) is 6.41. The van der Waals surface area contributed by atoms with Crippen molar-refractivity contribution in [2.45, 2.75) is 73.3 Å². The molecule has 4 nitrogen and oxygen atoms in total. The Morgan fingerprint density at radius 3 is 2.29 bits per heavy atom. The lowest BCUT2D eigenvalue weighted by molar-refractivity contribution is -0.157. The zero-order valence-electron chi connectivity index (χ0n) is 17.3. The molecule has 0 heterocycles. The summed E-state index contributed by atoms with van der Waals surface area (Å²) in [6.45, 7) is 9.33. The fourth-order valence-corrected chi connectivity index (χ4v) is 1.92. The molecular weight excluding hydrogens is 266 g/mol. The molecule has 0 saturated heterocycles. The number of rotatable bonds is 8. The predicted octanol–water partition coefficient (Wildman–Crippen LogP) is 3.54. The number of esters is 1. The Labute approximate surface area is 134 Å². The van der Waals surface area contributed by atoms with E-state index in [2.05, 4.69) is 19.2 Å². The zero-order valence-corrected chi connectivity index (χ0v) is 14.3. The van der Waals surface area contributed by atoms with Crippen LogP contribution in [0.25, 0.3) is 0 Å². The molecule has 0 aromatic rings. The van der Waals surface area contributed by atoms with E-state index in [1.165, 1.54) is 0 Å². The summed E-state index contributed by atoms with van der Waals surface area (Å²) in [5.41, 5.74) is -0.634. The number of hydrogen-bond acceptors (Lipinski definition) is 3. The first kappa shape index (κ1) is 14.9. The van der Waals surface area contributed by atoms with E-state index < -0.39 is 30.3 Å². The number of nitrogens with one attached hydrogen (secondary N) is 1. The number of ether oxygens (including phenoxy) is 1. The highest BCUT2D eigenvalue weighted by Crippen LogP contribution is 2.19. The van der Waals surface area contributed by atoms with Gasteiger partial charge in [-0.3, -0.25) is 9.59 Å². The average molecular weight is 302 g/mol. The van der Waals surface area contributed by atoms with Gasteiger partial charge >= 0.3 is 5.97 Å². The number of amides is 1. The minimum atomic E-state index is -2.15. The summed E-state index contributed by atoms with van der Waals surface area (Å²) in [5.74, 6) is -1.67. The lowest BCUT2D eigenvalue weighted by atomic mass is 9.93. The number of hydrogen-bond donors (Lipinski definition) is 1. The second kappa shape index (κ2) is 9.06. The SMILES string of the molecule is [2H]C([2H])([2H])C(C)C[C@H](CC(=O)OC(C)(C)C)C(=O)NCCC(C)C. The standard InChI is InChI=1S/C17H33NO3/c1-12(2)8-9-18-16(20)14(10-13(3)4)11-15(19)21-17(5,6)7/h12-14H,8-11H2,1-7H3,(H,18,20)/t14-/m1/s1/i3D3/t13?,14-. The monoisotopic (exact) mass is 302 g/mol. The molecule has 1 unspecified atom stereocenters.